The van der Waals surface area contributed by atoms with Gasteiger partial charge in [0, 0.05) is 11.1 Å². The molecule has 0 unspecified atom stereocenters. The summed E-state index contributed by atoms with van der Waals surface area (Å²) < 4.78 is 43.9. The van der Waals surface area contributed by atoms with Gasteiger partial charge in [0.2, 0.25) is 0 Å². The number of nitrogens with zero attached hydrogens (tertiary/aromatic N) is 1. The third-order valence-electron chi connectivity index (χ3n) is 5.03. The van der Waals surface area contributed by atoms with Gasteiger partial charge < -0.3 is 14.9 Å². The maximum absolute atomic E-state index is 12.7. The smallest absolute Gasteiger partial charge is 0.450 e. The lowest BCUT2D eigenvalue weighted by Crippen LogP contribution is -2.41. The molecule has 0 bridgehead atoms. The summed E-state index contributed by atoms with van der Waals surface area (Å²) in [5, 5.41) is 17.7. The van der Waals surface area contributed by atoms with Gasteiger partial charge in [0.25, 0.3) is 0 Å². The topological polar surface area (TPSA) is 62.6 Å². The average molecular weight is 427 g/mol. The molecule has 8 heteroatoms. The van der Waals surface area contributed by atoms with Crippen LogP contribution < -0.4 is 4.74 Å². The normalized spacial score (nSPS) is 16.4. The Bertz CT molecular complexity index is 827. The van der Waals surface area contributed by atoms with Crippen LogP contribution >= 0.6 is 11.3 Å². The quantitative estimate of drug-likeness (QED) is 0.584. The van der Waals surface area contributed by atoms with Crippen molar-refractivity contribution < 1.29 is 28.1 Å². The molecule has 1 aliphatic carbocycles. The van der Waals surface area contributed by atoms with Crippen molar-refractivity contribution in [2.75, 3.05) is 6.61 Å². The Morgan fingerprint density at radius 1 is 1.14 bits per heavy atom. The number of halogens is 3. The molecule has 1 heterocycles. The second-order valence-corrected chi connectivity index (χ2v) is 8.35. The van der Waals surface area contributed by atoms with E-state index in [1.165, 1.54) is 38.3 Å². The van der Waals surface area contributed by atoms with Gasteiger partial charge in [-0.15, -0.1) is 11.3 Å². The molecule has 2 aromatic rings. The first kappa shape index (κ1) is 21.8. The minimum Gasteiger partial charge on any atom is -0.494 e. The number of hydrogen-bond acceptors (Lipinski definition) is 5. The van der Waals surface area contributed by atoms with E-state index in [1.54, 1.807) is 12.2 Å². The summed E-state index contributed by atoms with van der Waals surface area (Å²) in [5.41, 5.74) is 0.824. The van der Waals surface area contributed by atoms with E-state index in [4.69, 9.17) is 4.74 Å². The van der Waals surface area contributed by atoms with Crippen LogP contribution in [0.5, 0.6) is 5.75 Å². The van der Waals surface area contributed by atoms with E-state index in [1.807, 2.05) is 24.3 Å². The monoisotopic (exact) mass is 427 g/mol. The molecule has 1 aromatic heterocycles. The van der Waals surface area contributed by atoms with Gasteiger partial charge in [-0.2, -0.15) is 13.2 Å². The third kappa shape index (κ3) is 5.81. The van der Waals surface area contributed by atoms with E-state index in [2.05, 4.69) is 4.98 Å². The minimum atomic E-state index is -5.21. The lowest BCUT2D eigenvalue weighted by atomic mass is 9.87. The predicted octanol–water partition coefficient (Wildman–Crippen LogP) is 5.36. The van der Waals surface area contributed by atoms with E-state index in [0.29, 0.717) is 22.8 Å². The maximum Gasteiger partial charge on any atom is 0.450 e. The standard InChI is InChI=1S/C21H24F3NO3S/c22-21(23,24)20(26,27)19-25-14-18(29-19)10-9-16-7-4-8-17(13-16)28-12-11-15-5-2-1-3-6-15/h4,7-10,13-15,26-27H,1-3,5-6,11-12H2/b10-9+. The number of aliphatic hydroxyl groups is 2. The van der Waals surface area contributed by atoms with Crippen LogP contribution in [0.4, 0.5) is 13.2 Å². The third-order valence-corrected chi connectivity index (χ3v) is 6.10. The number of thiazole rings is 1. The molecule has 0 aliphatic heterocycles. The van der Waals surface area contributed by atoms with Crippen LogP contribution in [0.15, 0.2) is 30.5 Å². The molecule has 4 nitrogen and oxygen atoms in total. The summed E-state index contributed by atoms with van der Waals surface area (Å²) in [7, 11) is 0. The Kier molecular flexibility index (Phi) is 6.97. The molecule has 1 aliphatic rings. The van der Waals surface area contributed by atoms with Gasteiger partial charge in [-0.1, -0.05) is 50.3 Å². The van der Waals surface area contributed by atoms with Crippen molar-refractivity contribution in [1.82, 2.24) is 4.98 Å². The molecule has 29 heavy (non-hydrogen) atoms. The molecular weight excluding hydrogens is 403 g/mol. The largest absolute Gasteiger partial charge is 0.494 e. The Morgan fingerprint density at radius 2 is 1.90 bits per heavy atom. The summed E-state index contributed by atoms with van der Waals surface area (Å²) in [6.45, 7) is 0.669. The summed E-state index contributed by atoms with van der Waals surface area (Å²) in [5.74, 6) is -2.46. The number of alkyl halides is 3. The molecule has 158 valence electrons. The molecule has 0 amide bonds. The first-order chi connectivity index (χ1) is 13.8. The second kappa shape index (κ2) is 9.28. The highest BCUT2D eigenvalue weighted by atomic mass is 32.1. The molecule has 0 atom stereocenters. The minimum absolute atomic E-state index is 0.375. The van der Waals surface area contributed by atoms with E-state index in [9.17, 15) is 23.4 Å². The molecule has 1 aromatic carbocycles. The second-order valence-electron chi connectivity index (χ2n) is 7.28. The number of rotatable bonds is 7. The van der Waals surface area contributed by atoms with Crippen molar-refractivity contribution in [3.8, 4) is 5.75 Å². The van der Waals surface area contributed by atoms with Gasteiger partial charge in [-0.3, -0.25) is 0 Å². The molecule has 0 radical (unpaired) electrons. The van der Waals surface area contributed by atoms with Crippen LogP contribution in [0.25, 0.3) is 12.2 Å². The number of aromatic nitrogens is 1. The molecule has 1 fully saturated rings. The zero-order valence-corrected chi connectivity index (χ0v) is 16.7. The fourth-order valence-corrected chi connectivity index (χ4v) is 4.18. The zero-order valence-electron chi connectivity index (χ0n) is 15.9. The number of benzene rings is 1. The fraction of sp³-hybridized carbons (Fsp3) is 0.476. The number of hydrogen-bond donors (Lipinski definition) is 2. The highest BCUT2D eigenvalue weighted by Crippen LogP contribution is 2.38. The van der Waals surface area contributed by atoms with Gasteiger partial charge in [0.15, 0.2) is 5.01 Å². The maximum atomic E-state index is 12.7. The van der Waals surface area contributed by atoms with Crippen molar-refractivity contribution in [2.24, 2.45) is 5.92 Å². The van der Waals surface area contributed by atoms with Crippen molar-refractivity contribution >= 4 is 23.5 Å². The molecule has 0 spiro atoms. The van der Waals surface area contributed by atoms with Crippen LogP contribution in [-0.4, -0.2) is 28.0 Å². The van der Waals surface area contributed by atoms with Crippen molar-refractivity contribution in [2.45, 2.75) is 50.5 Å². The van der Waals surface area contributed by atoms with Gasteiger partial charge >= 0.3 is 12.0 Å². The lowest BCUT2D eigenvalue weighted by Gasteiger charge is -2.21. The highest BCUT2D eigenvalue weighted by Gasteiger charge is 2.56. The SMILES string of the molecule is OC(O)(c1ncc(/C=C/c2cccc(OCCC3CCCCC3)c2)s1)C(F)(F)F. The van der Waals surface area contributed by atoms with Gasteiger partial charge in [-0.25, -0.2) is 4.98 Å². The van der Waals surface area contributed by atoms with Crippen LogP contribution in [0.1, 0.15) is 54.0 Å². The molecule has 2 N–H and O–H groups in total. The average Bonchev–Trinajstić information content (AvgIpc) is 3.17. The fourth-order valence-electron chi connectivity index (χ4n) is 3.35. The summed E-state index contributed by atoms with van der Waals surface area (Å²) in [6.07, 6.45) is 6.81. The molecule has 3 rings (SSSR count). The summed E-state index contributed by atoms with van der Waals surface area (Å²) >= 11 is 0.571. The van der Waals surface area contributed by atoms with Gasteiger partial charge in [0.1, 0.15) is 5.75 Å². The molecule has 0 saturated heterocycles. The van der Waals surface area contributed by atoms with Gasteiger partial charge in [0.05, 0.1) is 6.61 Å². The molecular formula is C21H24F3NO3S. The summed E-state index contributed by atoms with van der Waals surface area (Å²) in [6, 6.07) is 7.43. The van der Waals surface area contributed by atoms with E-state index < -0.39 is 17.0 Å². The summed E-state index contributed by atoms with van der Waals surface area (Å²) in [4.78, 5) is 3.87. The first-order valence-corrected chi connectivity index (χ1v) is 10.5. The zero-order chi connectivity index (χ0) is 20.9. The van der Waals surface area contributed by atoms with E-state index >= 15 is 0 Å². The van der Waals surface area contributed by atoms with Crippen LogP contribution in [0.3, 0.4) is 0 Å². The predicted molar refractivity (Wildman–Crippen MR) is 106 cm³/mol. The van der Waals surface area contributed by atoms with E-state index in [0.717, 1.165) is 23.7 Å². The van der Waals surface area contributed by atoms with Gasteiger partial charge in [-0.05, 0) is 36.1 Å². The van der Waals surface area contributed by atoms with Crippen LogP contribution in [0, 0.1) is 5.92 Å². The Hall–Kier alpha value is -1.90. The van der Waals surface area contributed by atoms with Crippen LogP contribution in [-0.2, 0) is 5.79 Å². The Morgan fingerprint density at radius 3 is 2.62 bits per heavy atom. The lowest BCUT2D eigenvalue weighted by molar-refractivity contribution is -0.358. The molecule has 1 saturated carbocycles. The van der Waals surface area contributed by atoms with Crippen molar-refractivity contribution in [3.05, 3.63) is 45.9 Å². The Labute approximate surface area is 171 Å². The van der Waals surface area contributed by atoms with Crippen molar-refractivity contribution in [3.63, 3.8) is 0 Å². The number of ether oxygens (including phenoxy) is 1. The van der Waals surface area contributed by atoms with Crippen molar-refractivity contribution in [1.29, 1.82) is 0 Å². The Balaban J connectivity index is 1.58. The van der Waals surface area contributed by atoms with Crippen LogP contribution in [0.2, 0.25) is 0 Å². The highest BCUT2D eigenvalue weighted by molar-refractivity contribution is 7.12. The van der Waals surface area contributed by atoms with E-state index in [-0.39, 0.29) is 0 Å². The first-order valence-electron chi connectivity index (χ1n) is 9.64.